The van der Waals surface area contributed by atoms with E-state index in [4.69, 9.17) is 0 Å². The van der Waals surface area contributed by atoms with E-state index in [-0.39, 0.29) is 18.4 Å². The van der Waals surface area contributed by atoms with Gasteiger partial charge in [0.05, 0.1) is 12.7 Å². The van der Waals surface area contributed by atoms with Gasteiger partial charge in [0.15, 0.2) is 0 Å². The zero-order valence-corrected chi connectivity index (χ0v) is 17.0. The molecule has 158 valence electrons. The summed E-state index contributed by atoms with van der Waals surface area (Å²) < 4.78 is 28.0. The average Bonchev–Trinajstić information content (AvgIpc) is 3.13. The Labute approximate surface area is 173 Å². The second-order valence-corrected chi connectivity index (χ2v) is 8.02. The maximum atomic E-state index is 13.2. The van der Waals surface area contributed by atoms with Gasteiger partial charge < -0.3 is 5.32 Å². The summed E-state index contributed by atoms with van der Waals surface area (Å²) in [5.41, 5.74) is 1.70. The lowest BCUT2D eigenvalue weighted by atomic mass is 9.95. The first-order valence-electron chi connectivity index (χ1n) is 9.94. The van der Waals surface area contributed by atoms with Crippen molar-refractivity contribution in [1.82, 2.24) is 24.9 Å². The molecule has 4 rings (SSSR count). The van der Waals surface area contributed by atoms with Gasteiger partial charge in [-0.25, -0.2) is 13.8 Å². The molecule has 7 nitrogen and oxygen atoms in total. The molecule has 0 bridgehead atoms. The van der Waals surface area contributed by atoms with Crippen LogP contribution >= 0.6 is 0 Å². The molecule has 9 heteroatoms. The fourth-order valence-corrected chi connectivity index (χ4v) is 3.82. The van der Waals surface area contributed by atoms with Gasteiger partial charge in [0.1, 0.15) is 11.5 Å². The van der Waals surface area contributed by atoms with E-state index < -0.39 is 5.92 Å². The van der Waals surface area contributed by atoms with Crippen LogP contribution in [0.15, 0.2) is 36.7 Å². The van der Waals surface area contributed by atoms with Crippen LogP contribution in [0.3, 0.4) is 0 Å². The van der Waals surface area contributed by atoms with E-state index >= 15 is 0 Å². The quantitative estimate of drug-likeness (QED) is 0.693. The van der Waals surface area contributed by atoms with Gasteiger partial charge in [-0.15, -0.1) is 5.10 Å². The van der Waals surface area contributed by atoms with Crippen molar-refractivity contribution in [2.75, 3.05) is 25.0 Å². The smallest absolute Gasteiger partial charge is 0.257 e. The first kappa shape index (κ1) is 20.3. The van der Waals surface area contributed by atoms with Crippen molar-refractivity contribution in [3.63, 3.8) is 0 Å². The topological polar surface area (TPSA) is 75.9 Å². The zero-order chi connectivity index (χ0) is 21.3. The number of hydrogen-bond acceptors (Lipinski definition) is 5. The number of aromatic nitrogens is 4. The molecule has 1 saturated heterocycles. The predicted molar refractivity (Wildman–Crippen MR) is 110 cm³/mol. The molecule has 1 N–H and O–H groups in total. The third-order valence-electron chi connectivity index (χ3n) is 5.33. The van der Waals surface area contributed by atoms with Crippen LogP contribution in [-0.4, -0.2) is 56.3 Å². The number of pyridine rings is 1. The van der Waals surface area contributed by atoms with Gasteiger partial charge in [0.2, 0.25) is 5.91 Å². The molecular formula is C21H24F2N6O. The zero-order valence-electron chi connectivity index (χ0n) is 17.0. The SMILES string of the molecule is Cn1cc(-c2ccc3cnc(NC(=O)C4CCN(CC(C)(F)F)CC4)cc3c2)nn1. The Morgan fingerprint density at radius 3 is 2.67 bits per heavy atom. The Balaban J connectivity index is 1.43. The largest absolute Gasteiger partial charge is 0.310 e. The van der Waals surface area contributed by atoms with E-state index in [1.165, 1.54) is 0 Å². The highest BCUT2D eigenvalue weighted by Gasteiger charge is 2.30. The highest BCUT2D eigenvalue weighted by molar-refractivity contribution is 5.95. The monoisotopic (exact) mass is 414 g/mol. The minimum absolute atomic E-state index is 0.116. The van der Waals surface area contributed by atoms with Gasteiger partial charge >= 0.3 is 0 Å². The van der Waals surface area contributed by atoms with Crippen molar-refractivity contribution in [2.24, 2.45) is 13.0 Å². The number of aryl methyl sites for hydroxylation is 1. The summed E-state index contributed by atoms with van der Waals surface area (Å²) in [5, 5.41) is 12.9. The Bertz CT molecular complexity index is 1050. The molecule has 1 fully saturated rings. The lowest BCUT2D eigenvalue weighted by Gasteiger charge is -2.32. The number of anilines is 1. The van der Waals surface area contributed by atoms with Crippen LogP contribution in [-0.2, 0) is 11.8 Å². The molecule has 1 aliphatic rings. The van der Waals surface area contributed by atoms with Gasteiger partial charge in [0, 0.05) is 37.0 Å². The number of alkyl halides is 2. The average molecular weight is 414 g/mol. The number of fused-ring (bicyclic) bond motifs is 1. The van der Waals surface area contributed by atoms with Gasteiger partial charge in [-0.2, -0.15) is 0 Å². The molecule has 0 atom stereocenters. The summed E-state index contributed by atoms with van der Waals surface area (Å²) in [4.78, 5) is 18.7. The number of amides is 1. The van der Waals surface area contributed by atoms with Crippen molar-refractivity contribution < 1.29 is 13.6 Å². The third-order valence-corrected chi connectivity index (χ3v) is 5.33. The molecule has 3 heterocycles. The van der Waals surface area contributed by atoms with E-state index in [0.29, 0.717) is 31.7 Å². The van der Waals surface area contributed by atoms with Crippen molar-refractivity contribution >= 4 is 22.5 Å². The number of hydrogen-bond donors (Lipinski definition) is 1. The highest BCUT2D eigenvalue weighted by atomic mass is 19.3. The number of piperidine rings is 1. The van der Waals surface area contributed by atoms with E-state index in [2.05, 4.69) is 20.6 Å². The molecule has 2 aromatic heterocycles. The summed E-state index contributed by atoms with van der Waals surface area (Å²) in [6.45, 7) is 1.65. The number of carbonyl (C=O) groups excluding carboxylic acids is 1. The number of rotatable bonds is 5. The predicted octanol–water partition coefficient (Wildman–Crippen LogP) is 3.34. The number of nitrogens with zero attached hydrogens (tertiary/aromatic N) is 5. The number of carbonyl (C=O) groups is 1. The van der Waals surface area contributed by atoms with Crippen LogP contribution in [0.25, 0.3) is 22.0 Å². The lowest BCUT2D eigenvalue weighted by molar-refractivity contribution is -0.121. The molecule has 1 amide bonds. The van der Waals surface area contributed by atoms with Crippen LogP contribution in [0.4, 0.5) is 14.6 Å². The molecule has 1 aliphatic heterocycles. The summed E-state index contributed by atoms with van der Waals surface area (Å²) in [6.07, 6.45) is 4.68. The molecular weight excluding hydrogens is 390 g/mol. The fourth-order valence-electron chi connectivity index (χ4n) is 3.82. The Kier molecular flexibility index (Phi) is 5.46. The van der Waals surface area contributed by atoms with Gasteiger partial charge in [-0.05, 0) is 43.5 Å². The number of benzene rings is 1. The van der Waals surface area contributed by atoms with Gasteiger partial charge in [0.25, 0.3) is 5.92 Å². The number of halogens is 2. The minimum Gasteiger partial charge on any atom is -0.310 e. The molecule has 0 radical (unpaired) electrons. The van der Waals surface area contributed by atoms with Crippen LogP contribution in [0.1, 0.15) is 19.8 Å². The molecule has 30 heavy (non-hydrogen) atoms. The van der Waals surface area contributed by atoms with Crippen molar-refractivity contribution in [1.29, 1.82) is 0 Å². The fraction of sp³-hybridized carbons (Fsp3) is 0.429. The maximum Gasteiger partial charge on any atom is 0.257 e. The molecule has 0 aliphatic carbocycles. The second-order valence-electron chi connectivity index (χ2n) is 8.02. The lowest BCUT2D eigenvalue weighted by Crippen LogP contribution is -2.42. The Morgan fingerprint density at radius 2 is 2.00 bits per heavy atom. The number of nitrogens with one attached hydrogen (secondary N) is 1. The normalized spacial score (nSPS) is 16.1. The molecule has 1 aromatic carbocycles. The van der Waals surface area contributed by atoms with E-state index in [1.807, 2.05) is 37.5 Å². The van der Waals surface area contributed by atoms with Crippen molar-refractivity contribution in [2.45, 2.75) is 25.7 Å². The summed E-state index contributed by atoms with van der Waals surface area (Å²) >= 11 is 0. The summed E-state index contributed by atoms with van der Waals surface area (Å²) in [5.74, 6) is -2.55. The van der Waals surface area contributed by atoms with Crippen LogP contribution in [0.2, 0.25) is 0 Å². The van der Waals surface area contributed by atoms with E-state index in [1.54, 1.807) is 15.8 Å². The minimum atomic E-state index is -2.71. The second kappa shape index (κ2) is 8.06. The Morgan fingerprint density at radius 1 is 1.23 bits per heavy atom. The summed E-state index contributed by atoms with van der Waals surface area (Å²) in [7, 11) is 1.81. The maximum absolute atomic E-state index is 13.2. The molecule has 0 spiro atoms. The first-order valence-corrected chi connectivity index (χ1v) is 9.94. The number of likely N-dealkylation sites (tertiary alicyclic amines) is 1. The highest BCUT2D eigenvalue weighted by Crippen LogP contribution is 2.25. The van der Waals surface area contributed by atoms with Crippen molar-refractivity contribution in [3.8, 4) is 11.3 Å². The standard InChI is InChI=1S/C21H24F2N6O/c1-21(22,23)13-29-7-5-14(6-8-29)20(30)25-19-10-17-9-15(3-4-16(17)11-24-19)18-12-28(2)27-26-18/h3-4,9-12,14H,5-8,13H2,1-2H3,(H,24,25,30). The van der Waals surface area contributed by atoms with E-state index in [9.17, 15) is 13.6 Å². The first-order chi connectivity index (χ1) is 14.3. The van der Waals surface area contributed by atoms with Crippen LogP contribution in [0.5, 0.6) is 0 Å². The molecule has 0 unspecified atom stereocenters. The van der Waals surface area contributed by atoms with Crippen LogP contribution in [0, 0.1) is 5.92 Å². The van der Waals surface area contributed by atoms with Crippen LogP contribution < -0.4 is 5.32 Å². The third kappa shape index (κ3) is 4.79. The van der Waals surface area contributed by atoms with Gasteiger partial charge in [-0.1, -0.05) is 17.3 Å². The van der Waals surface area contributed by atoms with Gasteiger partial charge in [-0.3, -0.25) is 14.4 Å². The van der Waals surface area contributed by atoms with E-state index in [0.717, 1.165) is 29.0 Å². The Hall–Kier alpha value is -2.94. The molecule has 0 saturated carbocycles. The van der Waals surface area contributed by atoms with Crippen molar-refractivity contribution in [3.05, 3.63) is 36.7 Å². The summed E-state index contributed by atoms with van der Waals surface area (Å²) in [6, 6.07) is 7.73. The molecule has 3 aromatic rings.